The summed E-state index contributed by atoms with van der Waals surface area (Å²) < 4.78 is 5.15. The molecular formula is C23H35N3O6. The van der Waals surface area contributed by atoms with E-state index in [2.05, 4.69) is 10.6 Å². The summed E-state index contributed by atoms with van der Waals surface area (Å²) in [7, 11) is 0. The van der Waals surface area contributed by atoms with E-state index in [9.17, 15) is 24.6 Å². The number of nitrogens with zero attached hydrogens (tertiary/aromatic N) is 1. The summed E-state index contributed by atoms with van der Waals surface area (Å²) in [4.78, 5) is 39.4. The summed E-state index contributed by atoms with van der Waals surface area (Å²) in [5.41, 5.74) is -0.476. The van der Waals surface area contributed by atoms with Gasteiger partial charge < -0.3 is 30.5 Å². The normalized spacial score (nSPS) is 15.5. The van der Waals surface area contributed by atoms with Crippen molar-refractivity contribution in [2.45, 2.75) is 70.6 Å². The molecule has 0 aliphatic heterocycles. The van der Waals surface area contributed by atoms with Crippen LogP contribution in [0.15, 0.2) is 24.3 Å². The van der Waals surface area contributed by atoms with Gasteiger partial charge in [0.05, 0.1) is 6.61 Å². The molecular weight excluding hydrogens is 414 g/mol. The second-order valence-corrected chi connectivity index (χ2v) is 8.97. The molecule has 1 aliphatic rings. The van der Waals surface area contributed by atoms with Crippen molar-refractivity contribution in [2.75, 3.05) is 19.7 Å². The van der Waals surface area contributed by atoms with Gasteiger partial charge in [-0.05, 0) is 39.7 Å². The lowest BCUT2D eigenvalue weighted by atomic mass is 9.94. The summed E-state index contributed by atoms with van der Waals surface area (Å²) in [5.74, 6) is -1.15. The minimum absolute atomic E-state index is 0.00410. The number of rotatable bonds is 8. The number of carbonyl (C=O) groups excluding carboxylic acids is 3. The first kappa shape index (κ1) is 25.5. The fourth-order valence-corrected chi connectivity index (χ4v) is 3.77. The van der Waals surface area contributed by atoms with Crippen molar-refractivity contribution in [3.8, 4) is 5.75 Å². The lowest BCUT2D eigenvalue weighted by molar-refractivity contribution is -0.141. The van der Waals surface area contributed by atoms with E-state index >= 15 is 0 Å². The molecule has 2 rings (SSSR count). The van der Waals surface area contributed by atoms with Crippen LogP contribution in [0.4, 0.5) is 4.79 Å². The summed E-state index contributed by atoms with van der Waals surface area (Å²) in [6, 6.07) is 5.14. The number of hydrogen-bond acceptors (Lipinski definition) is 6. The zero-order valence-corrected chi connectivity index (χ0v) is 19.1. The van der Waals surface area contributed by atoms with Gasteiger partial charge in [-0.25, -0.2) is 4.79 Å². The number of carbonyl (C=O) groups is 3. The maximum Gasteiger partial charge on any atom is 0.408 e. The Morgan fingerprint density at radius 3 is 2.41 bits per heavy atom. The van der Waals surface area contributed by atoms with Gasteiger partial charge in [-0.1, -0.05) is 37.5 Å². The van der Waals surface area contributed by atoms with E-state index in [1.165, 1.54) is 11.0 Å². The number of ether oxygens (including phenoxy) is 1. The van der Waals surface area contributed by atoms with Gasteiger partial charge in [-0.3, -0.25) is 9.59 Å². The van der Waals surface area contributed by atoms with Gasteiger partial charge in [-0.2, -0.15) is 0 Å². The molecule has 0 aromatic heterocycles. The van der Waals surface area contributed by atoms with Crippen molar-refractivity contribution in [1.29, 1.82) is 0 Å². The Morgan fingerprint density at radius 2 is 1.81 bits per heavy atom. The first-order valence-corrected chi connectivity index (χ1v) is 11.1. The van der Waals surface area contributed by atoms with Crippen LogP contribution in [0, 0.1) is 0 Å². The lowest BCUT2D eigenvalue weighted by Crippen LogP contribution is -2.50. The third kappa shape index (κ3) is 7.71. The highest BCUT2D eigenvalue weighted by Crippen LogP contribution is 2.30. The topological polar surface area (TPSA) is 128 Å². The summed E-state index contributed by atoms with van der Waals surface area (Å²) in [5, 5.41) is 25.4. The van der Waals surface area contributed by atoms with E-state index in [4.69, 9.17) is 4.74 Å². The molecule has 32 heavy (non-hydrogen) atoms. The maximum absolute atomic E-state index is 13.3. The van der Waals surface area contributed by atoms with Crippen molar-refractivity contribution in [3.63, 3.8) is 0 Å². The average molecular weight is 450 g/mol. The van der Waals surface area contributed by atoms with Crippen LogP contribution in [0.5, 0.6) is 5.75 Å². The van der Waals surface area contributed by atoms with E-state index in [1.807, 2.05) is 0 Å². The number of nitrogens with one attached hydrogen (secondary N) is 2. The highest BCUT2D eigenvalue weighted by Gasteiger charge is 2.34. The van der Waals surface area contributed by atoms with E-state index in [-0.39, 0.29) is 30.5 Å². The molecule has 1 aromatic carbocycles. The quantitative estimate of drug-likeness (QED) is 0.482. The molecule has 0 bridgehead atoms. The summed E-state index contributed by atoms with van der Waals surface area (Å²) in [6.07, 6.45) is 4.11. The minimum atomic E-state index is -1.15. The number of aliphatic hydroxyl groups excluding tert-OH is 1. The molecule has 0 saturated heterocycles. The molecule has 1 atom stereocenters. The van der Waals surface area contributed by atoms with Crippen LogP contribution in [-0.2, 0) is 14.3 Å². The zero-order chi connectivity index (χ0) is 23.7. The van der Waals surface area contributed by atoms with Crippen LogP contribution < -0.4 is 10.6 Å². The molecule has 1 aromatic rings. The van der Waals surface area contributed by atoms with Gasteiger partial charge in [0.25, 0.3) is 0 Å². The number of alkyl carbamates (subject to hydrolysis) is 1. The molecule has 9 nitrogen and oxygen atoms in total. The number of benzene rings is 1. The maximum atomic E-state index is 13.3. The van der Waals surface area contributed by atoms with Gasteiger partial charge in [0, 0.05) is 18.2 Å². The van der Waals surface area contributed by atoms with E-state index in [0.29, 0.717) is 0 Å². The van der Waals surface area contributed by atoms with Crippen LogP contribution >= 0.6 is 0 Å². The molecule has 1 aliphatic carbocycles. The van der Waals surface area contributed by atoms with Gasteiger partial charge in [-0.15, -0.1) is 0 Å². The Bertz CT molecular complexity index is 786. The predicted molar refractivity (Wildman–Crippen MR) is 119 cm³/mol. The Hall–Kier alpha value is -2.81. The highest BCUT2D eigenvalue weighted by atomic mass is 16.6. The van der Waals surface area contributed by atoms with Crippen molar-refractivity contribution < 1.29 is 29.3 Å². The Balaban J connectivity index is 2.24. The molecule has 9 heteroatoms. The van der Waals surface area contributed by atoms with E-state index in [0.717, 1.165) is 32.1 Å². The third-order valence-electron chi connectivity index (χ3n) is 5.19. The number of phenols is 1. The number of phenolic OH excluding ortho intramolecular Hbond substituents is 1. The molecule has 0 heterocycles. The molecule has 1 unspecified atom stereocenters. The highest BCUT2D eigenvalue weighted by molar-refractivity contribution is 5.91. The summed E-state index contributed by atoms with van der Waals surface area (Å²) >= 11 is 0. The number of amides is 3. The monoisotopic (exact) mass is 449 g/mol. The predicted octanol–water partition coefficient (Wildman–Crippen LogP) is 2.23. The van der Waals surface area contributed by atoms with Crippen LogP contribution in [-0.4, -0.2) is 64.4 Å². The van der Waals surface area contributed by atoms with E-state index in [1.54, 1.807) is 39.0 Å². The number of aliphatic hydroxyl groups is 1. The Labute approximate surface area is 189 Å². The molecule has 3 amide bonds. The largest absolute Gasteiger partial charge is 0.508 e. The fraction of sp³-hybridized carbons (Fsp3) is 0.609. The first-order valence-electron chi connectivity index (χ1n) is 11.1. The Kier molecular flexibility index (Phi) is 9.31. The molecule has 1 fully saturated rings. The second-order valence-electron chi connectivity index (χ2n) is 8.97. The molecule has 0 spiro atoms. The average Bonchev–Trinajstić information content (AvgIpc) is 2.72. The van der Waals surface area contributed by atoms with Crippen LogP contribution in [0.25, 0.3) is 0 Å². The molecule has 1 saturated carbocycles. The lowest BCUT2D eigenvalue weighted by Gasteiger charge is -2.33. The third-order valence-corrected chi connectivity index (χ3v) is 5.19. The van der Waals surface area contributed by atoms with Crippen LogP contribution in [0.1, 0.15) is 64.5 Å². The second kappa shape index (κ2) is 11.7. The van der Waals surface area contributed by atoms with Gasteiger partial charge in [0.1, 0.15) is 23.9 Å². The van der Waals surface area contributed by atoms with Crippen LogP contribution in [0.2, 0.25) is 0 Å². The van der Waals surface area contributed by atoms with Gasteiger partial charge in [0.15, 0.2) is 0 Å². The zero-order valence-electron chi connectivity index (χ0n) is 19.1. The van der Waals surface area contributed by atoms with Crippen molar-refractivity contribution in [1.82, 2.24) is 15.5 Å². The Morgan fingerprint density at radius 1 is 1.16 bits per heavy atom. The minimum Gasteiger partial charge on any atom is -0.508 e. The molecule has 4 N–H and O–H groups in total. The van der Waals surface area contributed by atoms with Crippen molar-refractivity contribution in [2.24, 2.45) is 0 Å². The smallest absolute Gasteiger partial charge is 0.408 e. The standard InChI is InChI=1S/C23H35N3O6/c1-23(2,3)32-22(31)24-15-19(29)26(13-14-27)20(17-11-7-8-12-18(17)28)21(30)25-16-9-5-4-6-10-16/h7-8,11-12,16,20,27-28H,4-6,9-10,13-15H2,1-3H3,(H,24,31)(H,25,30). The van der Waals surface area contributed by atoms with Gasteiger partial charge in [0.2, 0.25) is 11.8 Å². The van der Waals surface area contributed by atoms with Gasteiger partial charge >= 0.3 is 6.09 Å². The van der Waals surface area contributed by atoms with Crippen molar-refractivity contribution in [3.05, 3.63) is 29.8 Å². The number of hydrogen-bond donors (Lipinski definition) is 4. The van der Waals surface area contributed by atoms with Crippen LogP contribution in [0.3, 0.4) is 0 Å². The first-order chi connectivity index (χ1) is 15.1. The number of para-hydroxylation sites is 1. The number of aromatic hydroxyl groups is 1. The summed E-state index contributed by atoms with van der Waals surface area (Å²) in [6.45, 7) is 4.16. The SMILES string of the molecule is CC(C)(C)OC(=O)NCC(=O)N(CCO)C(C(=O)NC1CCCCC1)c1ccccc1O. The van der Waals surface area contributed by atoms with E-state index < -0.39 is 36.1 Å². The fourth-order valence-electron chi connectivity index (χ4n) is 3.77. The molecule has 0 radical (unpaired) electrons. The molecule has 178 valence electrons. The van der Waals surface area contributed by atoms with Crippen molar-refractivity contribution >= 4 is 17.9 Å².